The van der Waals surface area contributed by atoms with Crippen LogP contribution in [0.1, 0.15) is 29.3 Å². The molecule has 4 rings (SSSR count). The van der Waals surface area contributed by atoms with Crippen molar-refractivity contribution in [2.75, 3.05) is 6.54 Å². The Morgan fingerprint density at radius 3 is 2.83 bits per heavy atom. The number of nitrogens with one attached hydrogen (secondary N) is 2. The van der Waals surface area contributed by atoms with Gasteiger partial charge in [-0.3, -0.25) is 9.59 Å². The molecule has 10 heteroatoms. The Labute approximate surface area is 179 Å². The van der Waals surface area contributed by atoms with Crippen molar-refractivity contribution in [1.82, 2.24) is 19.8 Å². The third-order valence-electron chi connectivity index (χ3n) is 5.58. The van der Waals surface area contributed by atoms with Gasteiger partial charge in [0.15, 0.2) is 4.77 Å². The Morgan fingerprint density at radius 1 is 1.38 bits per heavy atom. The molecule has 1 fully saturated rings. The van der Waals surface area contributed by atoms with Crippen LogP contribution in [0.2, 0.25) is 0 Å². The van der Waals surface area contributed by atoms with Crippen LogP contribution in [-0.2, 0) is 36.0 Å². The Hall–Kier alpha value is -2.07. The number of halogens is 3. The average Bonchev–Trinajstić information content (AvgIpc) is 3.33. The topological polar surface area (TPSA) is 68.1 Å². The SMILES string of the molecule is Cn1c(CC(=O)N[C@@H]2CNC(=O)C2)c2n(c1=S)C[C@H](c1c(F)ccc(Br)c1F)C2. The Balaban J connectivity index is 1.58. The fourth-order valence-corrected chi connectivity index (χ4v) is 4.81. The lowest BCUT2D eigenvalue weighted by atomic mass is 9.95. The van der Waals surface area contributed by atoms with Gasteiger partial charge < -0.3 is 19.8 Å². The first-order chi connectivity index (χ1) is 13.8. The number of benzene rings is 1. The summed E-state index contributed by atoms with van der Waals surface area (Å²) < 4.78 is 33.3. The number of aromatic nitrogens is 2. The summed E-state index contributed by atoms with van der Waals surface area (Å²) in [5, 5.41) is 5.53. The summed E-state index contributed by atoms with van der Waals surface area (Å²) in [4.78, 5) is 23.8. The first-order valence-electron chi connectivity index (χ1n) is 9.23. The summed E-state index contributed by atoms with van der Waals surface area (Å²) in [6, 6.07) is 2.37. The van der Waals surface area contributed by atoms with Gasteiger partial charge in [0.1, 0.15) is 11.6 Å². The number of rotatable bonds is 4. The average molecular weight is 485 g/mol. The predicted octanol–water partition coefficient (Wildman–Crippen LogP) is 2.48. The molecule has 1 aromatic carbocycles. The summed E-state index contributed by atoms with van der Waals surface area (Å²) in [7, 11) is 1.78. The molecular formula is C19H19BrF2N4O2S. The highest BCUT2D eigenvalue weighted by Crippen LogP contribution is 2.37. The van der Waals surface area contributed by atoms with E-state index in [0.717, 1.165) is 11.4 Å². The van der Waals surface area contributed by atoms with E-state index in [2.05, 4.69) is 26.6 Å². The van der Waals surface area contributed by atoms with Crippen LogP contribution in [0.3, 0.4) is 0 Å². The predicted molar refractivity (Wildman–Crippen MR) is 108 cm³/mol. The lowest BCUT2D eigenvalue weighted by Gasteiger charge is -2.14. The molecule has 1 saturated heterocycles. The molecule has 2 aliphatic rings. The smallest absolute Gasteiger partial charge is 0.226 e. The second-order valence-corrected chi connectivity index (χ2v) is 8.67. The fourth-order valence-electron chi connectivity index (χ4n) is 4.16. The van der Waals surface area contributed by atoms with Crippen LogP contribution in [0.25, 0.3) is 0 Å². The maximum atomic E-state index is 14.6. The van der Waals surface area contributed by atoms with Crippen molar-refractivity contribution >= 4 is 40.0 Å². The molecule has 154 valence electrons. The molecule has 0 radical (unpaired) electrons. The van der Waals surface area contributed by atoms with Gasteiger partial charge in [0.05, 0.1) is 16.9 Å². The molecule has 3 heterocycles. The second kappa shape index (κ2) is 7.64. The van der Waals surface area contributed by atoms with Crippen LogP contribution >= 0.6 is 28.1 Å². The fraction of sp³-hybridized carbons (Fsp3) is 0.421. The van der Waals surface area contributed by atoms with E-state index in [1.165, 1.54) is 12.1 Å². The van der Waals surface area contributed by atoms with Crippen molar-refractivity contribution in [2.45, 2.75) is 37.8 Å². The van der Waals surface area contributed by atoms with E-state index in [-0.39, 0.29) is 40.7 Å². The maximum Gasteiger partial charge on any atom is 0.226 e. The molecule has 0 unspecified atom stereocenters. The normalized spacial score (nSPS) is 20.6. The van der Waals surface area contributed by atoms with E-state index in [0.29, 0.717) is 24.3 Å². The van der Waals surface area contributed by atoms with Crippen LogP contribution in [0.5, 0.6) is 0 Å². The monoisotopic (exact) mass is 484 g/mol. The van der Waals surface area contributed by atoms with Crippen molar-refractivity contribution in [3.8, 4) is 0 Å². The van der Waals surface area contributed by atoms with E-state index in [4.69, 9.17) is 12.2 Å². The zero-order valence-electron chi connectivity index (χ0n) is 15.6. The Bertz CT molecular complexity index is 1080. The van der Waals surface area contributed by atoms with Gasteiger partial charge in [0, 0.05) is 49.4 Å². The number of hydrogen-bond acceptors (Lipinski definition) is 3. The summed E-state index contributed by atoms with van der Waals surface area (Å²) in [5.74, 6) is -1.89. The van der Waals surface area contributed by atoms with Crippen LogP contribution in [-0.4, -0.2) is 33.5 Å². The van der Waals surface area contributed by atoms with Gasteiger partial charge in [0.2, 0.25) is 11.8 Å². The number of imidazole rings is 1. The van der Waals surface area contributed by atoms with E-state index < -0.39 is 17.6 Å². The van der Waals surface area contributed by atoms with Gasteiger partial charge in [-0.05, 0) is 46.7 Å². The summed E-state index contributed by atoms with van der Waals surface area (Å²) in [6.07, 6.45) is 0.742. The first-order valence-corrected chi connectivity index (χ1v) is 10.4. The molecule has 1 aromatic heterocycles. The third-order valence-corrected chi connectivity index (χ3v) is 6.69. The number of hydrogen-bond donors (Lipinski definition) is 2. The van der Waals surface area contributed by atoms with E-state index in [1.54, 1.807) is 11.6 Å². The van der Waals surface area contributed by atoms with E-state index in [1.807, 2.05) is 4.57 Å². The quantitative estimate of drug-likeness (QED) is 0.517. The van der Waals surface area contributed by atoms with Gasteiger partial charge >= 0.3 is 0 Å². The molecule has 2 aromatic rings. The molecule has 0 aliphatic carbocycles. The van der Waals surface area contributed by atoms with Crippen molar-refractivity contribution in [3.05, 3.63) is 50.0 Å². The van der Waals surface area contributed by atoms with Crippen molar-refractivity contribution < 1.29 is 18.4 Å². The van der Waals surface area contributed by atoms with Crippen LogP contribution in [0.15, 0.2) is 16.6 Å². The van der Waals surface area contributed by atoms with Gasteiger partial charge in [-0.25, -0.2) is 8.78 Å². The molecule has 29 heavy (non-hydrogen) atoms. The lowest BCUT2D eigenvalue weighted by Crippen LogP contribution is -2.37. The Morgan fingerprint density at radius 2 is 2.14 bits per heavy atom. The number of nitrogens with zero attached hydrogens (tertiary/aromatic N) is 2. The number of amides is 2. The standard InChI is InChI=1S/C19H19BrF2N4O2S/c1-25-13(6-16(28)24-10-5-15(27)23-7-10)14-4-9(8-26(14)19(25)29)17-12(21)3-2-11(20)18(17)22/h2-3,9-10H,4-8H2,1H3,(H,23,27)(H,24,28)/t9-,10+/m1/s1. The first kappa shape index (κ1) is 20.2. The highest BCUT2D eigenvalue weighted by molar-refractivity contribution is 9.10. The minimum absolute atomic E-state index is 0.0334. The van der Waals surface area contributed by atoms with Crippen LogP contribution < -0.4 is 10.6 Å². The van der Waals surface area contributed by atoms with Crippen LogP contribution in [0.4, 0.5) is 8.78 Å². The highest BCUT2D eigenvalue weighted by atomic mass is 79.9. The Kier molecular flexibility index (Phi) is 5.32. The second-order valence-electron chi connectivity index (χ2n) is 7.45. The summed E-state index contributed by atoms with van der Waals surface area (Å²) in [6.45, 7) is 0.773. The van der Waals surface area contributed by atoms with Gasteiger partial charge in [-0.2, -0.15) is 0 Å². The third kappa shape index (κ3) is 3.63. The van der Waals surface area contributed by atoms with Gasteiger partial charge in [-0.1, -0.05) is 0 Å². The zero-order chi connectivity index (χ0) is 20.9. The minimum Gasteiger partial charge on any atom is -0.354 e. The van der Waals surface area contributed by atoms with Gasteiger partial charge in [0.25, 0.3) is 0 Å². The number of fused-ring (bicyclic) bond motifs is 1. The molecule has 2 amide bonds. The zero-order valence-corrected chi connectivity index (χ0v) is 18.0. The van der Waals surface area contributed by atoms with E-state index in [9.17, 15) is 18.4 Å². The van der Waals surface area contributed by atoms with Crippen molar-refractivity contribution in [2.24, 2.45) is 7.05 Å². The summed E-state index contributed by atoms with van der Waals surface area (Å²) in [5.41, 5.74) is 1.58. The maximum absolute atomic E-state index is 14.6. The molecule has 2 aliphatic heterocycles. The highest BCUT2D eigenvalue weighted by Gasteiger charge is 2.33. The molecule has 0 spiro atoms. The summed E-state index contributed by atoms with van der Waals surface area (Å²) >= 11 is 8.61. The molecule has 2 atom stereocenters. The number of carbonyl (C=O) groups is 2. The molecule has 6 nitrogen and oxygen atoms in total. The molecule has 0 bridgehead atoms. The molecule has 2 N–H and O–H groups in total. The lowest BCUT2D eigenvalue weighted by molar-refractivity contribution is -0.121. The number of carbonyl (C=O) groups excluding carboxylic acids is 2. The largest absolute Gasteiger partial charge is 0.354 e. The van der Waals surface area contributed by atoms with Crippen molar-refractivity contribution in [3.63, 3.8) is 0 Å². The van der Waals surface area contributed by atoms with Crippen molar-refractivity contribution in [1.29, 1.82) is 0 Å². The van der Waals surface area contributed by atoms with E-state index >= 15 is 0 Å². The molecule has 0 saturated carbocycles. The van der Waals surface area contributed by atoms with Gasteiger partial charge in [-0.15, -0.1) is 0 Å². The minimum atomic E-state index is -0.603. The van der Waals surface area contributed by atoms with Crippen LogP contribution in [0, 0.1) is 16.4 Å². The molecular weight excluding hydrogens is 466 g/mol.